The van der Waals surface area contributed by atoms with E-state index in [1.807, 2.05) is 11.0 Å². The van der Waals surface area contributed by atoms with E-state index in [2.05, 4.69) is 30.9 Å². The van der Waals surface area contributed by atoms with Gasteiger partial charge in [-0.05, 0) is 25.2 Å². The molecular formula is C13H23N3O. The van der Waals surface area contributed by atoms with Crippen molar-refractivity contribution in [2.24, 2.45) is 5.92 Å². The number of hydrogen-bond donors (Lipinski definition) is 1. The highest BCUT2D eigenvalue weighted by Crippen LogP contribution is 2.35. The Hall–Kier alpha value is -0.900. The topological polar surface area (TPSA) is 50.9 Å². The molecule has 4 nitrogen and oxygen atoms in total. The van der Waals surface area contributed by atoms with E-state index < -0.39 is 0 Å². The van der Waals surface area contributed by atoms with Gasteiger partial charge >= 0.3 is 0 Å². The first-order chi connectivity index (χ1) is 8.11. The fourth-order valence-corrected chi connectivity index (χ4v) is 2.70. The van der Waals surface area contributed by atoms with Gasteiger partial charge in [-0.3, -0.25) is 0 Å². The molecule has 1 aromatic heterocycles. The molecule has 1 fully saturated rings. The molecule has 1 aromatic rings. The van der Waals surface area contributed by atoms with Gasteiger partial charge in [0, 0.05) is 5.92 Å². The summed E-state index contributed by atoms with van der Waals surface area (Å²) in [4.78, 5) is 4.35. The maximum absolute atomic E-state index is 9.81. The molecule has 96 valence electrons. The summed E-state index contributed by atoms with van der Waals surface area (Å²) in [6, 6.07) is 0.323. The second kappa shape index (κ2) is 5.17. The summed E-state index contributed by atoms with van der Waals surface area (Å²) in [7, 11) is 0. The predicted molar refractivity (Wildman–Crippen MR) is 66.8 cm³/mol. The third kappa shape index (κ3) is 2.68. The largest absolute Gasteiger partial charge is 0.393 e. The second-order valence-corrected chi connectivity index (χ2v) is 5.44. The van der Waals surface area contributed by atoms with Crippen LogP contribution in [0.15, 0.2) is 6.33 Å². The van der Waals surface area contributed by atoms with E-state index in [1.165, 1.54) is 0 Å². The Bertz CT molecular complexity index is 361. The third-order valence-corrected chi connectivity index (χ3v) is 3.84. The van der Waals surface area contributed by atoms with Crippen LogP contribution >= 0.6 is 0 Å². The first kappa shape index (κ1) is 12.6. The molecule has 4 heteroatoms. The molecule has 0 spiro atoms. The SMILES string of the molecule is CCC1CCC(O)CC1n1cnc(C(C)C)n1. The Balaban J connectivity index is 2.17. The van der Waals surface area contributed by atoms with Gasteiger partial charge < -0.3 is 5.11 Å². The molecule has 1 aliphatic carbocycles. The van der Waals surface area contributed by atoms with Crippen LogP contribution in [0.25, 0.3) is 0 Å². The number of rotatable bonds is 3. The van der Waals surface area contributed by atoms with E-state index in [-0.39, 0.29) is 6.10 Å². The van der Waals surface area contributed by atoms with Crippen LogP contribution < -0.4 is 0 Å². The van der Waals surface area contributed by atoms with Gasteiger partial charge in [0.1, 0.15) is 6.33 Å². The maximum atomic E-state index is 9.81. The highest BCUT2D eigenvalue weighted by molar-refractivity contribution is 4.92. The fourth-order valence-electron chi connectivity index (χ4n) is 2.70. The fraction of sp³-hybridized carbons (Fsp3) is 0.846. The van der Waals surface area contributed by atoms with Gasteiger partial charge in [-0.2, -0.15) is 5.10 Å². The summed E-state index contributed by atoms with van der Waals surface area (Å²) in [5.74, 6) is 1.89. The molecule has 0 bridgehead atoms. The molecule has 0 amide bonds. The summed E-state index contributed by atoms with van der Waals surface area (Å²) in [6.07, 6.45) is 5.66. The zero-order valence-corrected chi connectivity index (χ0v) is 11.0. The lowest BCUT2D eigenvalue weighted by Crippen LogP contribution is -2.30. The molecule has 3 unspecified atom stereocenters. The van der Waals surface area contributed by atoms with Crippen LogP contribution in [0.5, 0.6) is 0 Å². The number of aliphatic hydroxyl groups excluding tert-OH is 1. The van der Waals surface area contributed by atoms with Crippen molar-refractivity contribution in [1.29, 1.82) is 0 Å². The minimum Gasteiger partial charge on any atom is -0.393 e. The van der Waals surface area contributed by atoms with Crippen LogP contribution in [-0.4, -0.2) is 26.0 Å². The van der Waals surface area contributed by atoms with Crippen molar-refractivity contribution in [1.82, 2.24) is 14.8 Å². The number of aromatic nitrogens is 3. The lowest BCUT2D eigenvalue weighted by atomic mass is 9.81. The Kier molecular flexibility index (Phi) is 3.82. The van der Waals surface area contributed by atoms with E-state index in [0.717, 1.165) is 31.5 Å². The van der Waals surface area contributed by atoms with Crippen molar-refractivity contribution in [2.45, 2.75) is 64.5 Å². The minimum atomic E-state index is -0.172. The number of aliphatic hydroxyl groups is 1. The normalized spacial score (nSPS) is 29.8. The zero-order valence-electron chi connectivity index (χ0n) is 11.0. The second-order valence-electron chi connectivity index (χ2n) is 5.44. The first-order valence-electron chi connectivity index (χ1n) is 6.71. The Morgan fingerprint density at radius 3 is 2.82 bits per heavy atom. The molecule has 1 N–H and O–H groups in total. The van der Waals surface area contributed by atoms with E-state index in [4.69, 9.17) is 0 Å². The van der Waals surface area contributed by atoms with Crippen LogP contribution in [0.2, 0.25) is 0 Å². The van der Waals surface area contributed by atoms with Gasteiger partial charge in [0.2, 0.25) is 0 Å². The summed E-state index contributed by atoms with van der Waals surface area (Å²) < 4.78 is 1.98. The van der Waals surface area contributed by atoms with E-state index in [0.29, 0.717) is 17.9 Å². The molecule has 0 radical (unpaired) electrons. The average molecular weight is 237 g/mol. The van der Waals surface area contributed by atoms with Gasteiger partial charge in [-0.15, -0.1) is 0 Å². The highest BCUT2D eigenvalue weighted by atomic mass is 16.3. The zero-order chi connectivity index (χ0) is 12.4. The van der Waals surface area contributed by atoms with Crippen LogP contribution in [-0.2, 0) is 0 Å². The summed E-state index contributed by atoms with van der Waals surface area (Å²) in [5, 5.41) is 14.4. The predicted octanol–water partition coefficient (Wildman–Crippen LogP) is 2.51. The van der Waals surface area contributed by atoms with Crippen LogP contribution in [0.4, 0.5) is 0 Å². The van der Waals surface area contributed by atoms with Crippen molar-refractivity contribution in [2.75, 3.05) is 0 Å². The van der Waals surface area contributed by atoms with Crippen LogP contribution in [0.3, 0.4) is 0 Å². The molecule has 2 rings (SSSR count). The van der Waals surface area contributed by atoms with Crippen molar-refractivity contribution in [3.63, 3.8) is 0 Å². The molecule has 1 saturated carbocycles. The molecule has 3 atom stereocenters. The average Bonchev–Trinajstić information content (AvgIpc) is 2.78. The van der Waals surface area contributed by atoms with E-state index >= 15 is 0 Å². The van der Waals surface area contributed by atoms with Crippen molar-refractivity contribution in [3.8, 4) is 0 Å². The minimum absolute atomic E-state index is 0.172. The molecular weight excluding hydrogens is 214 g/mol. The van der Waals surface area contributed by atoms with E-state index in [9.17, 15) is 5.11 Å². The van der Waals surface area contributed by atoms with Gasteiger partial charge in [0.05, 0.1) is 12.1 Å². The summed E-state index contributed by atoms with van der Waals surface area (Å²) in [6.45, 7) is 6.43. The smallest absolute Gasteiger partial charge is 0.153 e. The van der Waals surface area contributed by atoms with Gasteiger partial charge in [-0.1, -0.05) is 27.2 Å². The number of hydrogen-bond acceptors (Lipinski definition) is 3. The third-order valence-electron chi connectivity index (χ3n) is 3.84. The Morgan fingerprint density at radius 1 is 1.47 bits per heavy atom. The van der Waals surface area contributed by atoms with Gasteiger partial charge in [-0.25, -0.2) is 9.67 Å². The van der Waals surface area contributed by atoms with Crippen molar-refractivity contribution in [3.05, 3.63) is 12.2 Å². The molecule has 1 heterocycles. The quantitative estimate of drug-likeness (QED) is 0.878. The Labute approximate surface area is 103 Å². The molecule has 17 heavy (non-hydrogen) atoms. The highest BCUT2D eigenvalue weighted by Gasteiger charge is 2.30. The van der Waals surface area contributed by atoms with Gasteiger partial charge in [0.25, 0.3) is 0 Å². The van der Waals surface area contributed by atoms with Crippen molar-refractivity contribution < 1.29 is 5.11 Å². The summed E-state index contributed by atoms with van der Waals surface area (Å²) in [5.41, 5.74) is 0. The molecule has 0 aromatic carbocycles. The monoisotopic (exact) mass is 237 g/mol. The van der Waals surface area contributed by atoms with Crippen LogP contribution in [0.1, 0.15) is 64.2 Å². The maximum Gasteiger partial charge on any atom is 0.153 e. The molecule has 0 saturated heterocycles. The molecule has 1 aliphatic rings. The standard InChI is InChI=1S/C13H23N3O/c1-4-10-5-6-11(17)7-12(10)16-8-14-13(15-16)9(2)3/h8-12,17H,4-7H2,1-3H3. The lowest BCUT2D eigenvalue weighted by Gasteiger charge is -2.33. The van der Waals surface area contributed by atoms with E-state index in [1.54, 1.807) is 0 Å². The first-order valence-corrected chi connectivity index (χ1v) is 6.71. The van der Waals surface area contributed by atoms with Crippen molar-refractivity contribution >= 4 is 0 Å². The molecule has 0 aliphatic heterocycles. The summed E-state index contributed by atoms with van der Waals surface area (Å²) >= 11 is 0. The van der Waals surface area contributed by atoms with Crippen LogP contribution in [0, 0.1) is 5.92 Å². The lowest BCUT2D eigenvalue weighted by molar-refractivity contribution is 0.0665. The van der Waals surface area contributed by atoms with Gasteiger partial charge in [0.15, 0.2) is 5.82 Å². The number of nitrogens with zero attached hydrogens (tertiary/aromatic N) is 3. The Morgan fingerprint density at radius 2 is 2.24 bits per heavy atom.